The summed E-state index contributed by atoms with van der Waals surface area (Å²) in [7, 11) is 0. The van der Waals surface area contributed by atoms with Crippen LogP contribution in [0.15, 0.2) is 39.5 Å². The van der Waals surface area contributed by atoms with Crippen LogP contribution in [-0.4, -0.2) is 5.91 Å². The summed E-state index contributed by atoms with van der Waals surface area (Å²) in [5.74, 6) is -0.630. The number of para-hydroxylation sites is 1. The van der Waals surface area contributed by atoms with E-state index in [9.17, 15) is 9.59 Å². The van der Waals surface area contributed by atoms with Gasteiger partial charge in [-0.05, 0) is 6.07 Å². The molecule has 0 saturated carbocycles. The van der Waals surface area contributed by atoms with Crippen LogP contribution < -0.4 is 11.4 Å². The second-order valence-electron chi connectivity index (χ2n) is 2.84. The van der Waals surface area contributed by atoms with E-state index in [0.717, 1.165) is 6.07 Å². The lowest BCUT2D eigenvalue weighted by Gasteiger charge is -1.99. The smallest absolute Gasteiger partial charge is 0.337 e. The standard InChI is InChI=1S/C10H7NO3/c11-10(13)7-5-9(12)14-8-4-2-1-3-6(7)8/h1-5H,(H2,11,13). The molecule has 2 N–H and O–H groups in total. The molecule has 4 heteroatoms. The van der Waals surface area contributed by atoms with Crippen LogP contribution >= 0.6 is 0 Å². The molecular weight excluding hydrogens is 182 g/mol. The summed E-state index contributed by atoms with van der Waals surface area (Å²) in [5, 5.41) is 0.555. The summed E-state index contributed by atoms with van der Waals surface area (Å²) in [4.78, 5) is 22.0. The van der Waals surface area contributed by atoms with Crippen molar-refractivity contribution < 1.29 is 9.21 Å². The van der Waals surface area contributed by atoms with Gasteiger partial charge in [0.05, 0.1) is 5.56 Å². The van der Waals surface area contributed by atoms with E-state index < -0.39 is 11.5 Å². The number of fused-ring (bicyclic) bond motifs is 1. The van der Waals surface area contributed by atoms with Gasteiger partial charge in [0, 0.05) is 11.5 Å². The van der Waals surface area contributed by atoms with E-state index in [1.807, 2.05) is 0 Å². The quantitative estimate of drug-likeness (QED) is 0.677. The lowest BCUT2D eigenvalue weighted by molar-refractivity contribution is 0.100. The molecule has 14 heavy (non-hydrogen) atoms. The molecule has 2 rings (SSSR count). The van der Waals surface area contributed by atoms with Crippen LogP contribution in [0.4, 0.5) is 0 Å². The minimum Gasteiger partial charge on any atom is -0.423 e. The summed E-state index contributed by atoms with van der Waals surface area (Å²) >= 11 is 0. The number of primary amides is 1. The van der Waals surface area contributed by atoms with Crippen molar-refractivity contribution in [2.75, 3.05) is 0 Å². The number of rotatable bonds is 1. The first kappa shape index (κ1) is 8.50. The van der Waals surface area contributed by atoms with Crippen molar-refractivity contribution in [3.63, 3.8) is 0 Å². The van der Waals surface area contributed by atoms with E-state index in [4.69, 9.17) is 10.2 Å². The number of benzene rings is 1. The predicted octanol–water partition coefficient (Wildman–Crippen LogP) is 0.892. The molecule has 0 saturated heterocycles. The second kappa shape index (κ2) is 2.99. The third-order valence-corrected chi connectivity index (χ3v) is 1.92. The zero-order chi connectivity index (χ0) is 10.1. The van der Waals surface area contributed by atoms with Crippen LogP contribution in [0.3, 0.4) is 0 Å². The fourth-order valence-electron chi connectivity index (χ4n) is 1.32. The van der Waals surface area contributed by atoms with Crippen LogP contribution in [0.5, 0.6) is 0 Å². The fraction of sp³-hybridized carbons (Fsp3) is 0. The van der Waals surface area contributed by atoms with Crippen LogP contribution in [0.2, 0.25) is 0 Å². The molecule has 1 amide bonds. The highest BCUT2D eigenvalue weighted by molar-refractivity contribution is 6.04. The number of hydrogen-bond acceptors (Lipinski definition) is 3. The van der Waals surface area contributed by atoms with Crippen LogP contribution in [0.1, 0.15) is 10.4 Å². The van der Waals surface area contributed by atoms with Crippen molar-refractivity contribution in [3.8, 4) is 0 Å². The average molecular weight is 189 g/mol. The normalized spacial score (nSPS) is 10.3. The van der Waals surface area contributed by atoms with E-state index >= 15 is 0 Å². The van der Waals surface area contributed by atoms with Gasteiger partial charge >= 0.3 is 5.63 Å². The van der Waals surface area contributed by atoms with Gasteiger partial charge in [-0.1, -0.05) is 18.2 Å². The molecule has 1 aromatic carbocycles. The number of amides is 1. The number of carbonyl (C=O) groups excluding carboxylic acids is 1. The Balaban J connectivity index is 2.94. The molecule has 1 aromatic heterocycles. The Labute approximate surface area is 78.9 Å². The van der Waals surface area contributed by atoms with Crippen molar-refractivity contribution in [2.45, 2.75) is 0 Å². The Morgan fingerprint density at radius 3 is 2.71 bits per heavy atom. The van der Waals surface area contributed by atoms with Crippen molar-refractivity contribution in [3.05, 3.63) is 46.3 Å². The second-order valence-corrected chi connectivity index (χ2v) is 2.84. The summed E-state index contributed by atoms with van der Waals surface area (Å²) in [5.41, 5.74) is 5.12. The Morgan fingerprint density at radius 1 is 1.29 bits per heavy atom. The van der Waals surface area contributed by atoms with Gasteiger partial charge in [-0.2, -0.15) is 0 Å². The summed E-state index contributed by atoms with van der Waals surface area (Å²) in [6.45, 7) is 0. The van der Waals surface area contributed by atoms with E-state index in [-0.39, 0.29) is 5.56 Å². The number of hydrogen-bond donors (Lipinski definition) is 1. The molecule has 0 atom stereocenters. The maximum Gasteiger partial charge on any atom is 0.337 e. The lowest BCUT2D eigenvalue weighted by Crippen LogP contribution is -2.14. The first-order valence-electron chi connectivity index (χ1n) is 4.01. The molecule has 0 spiro atoms. The topological polar surface area (TPSA) is 73.3 Å². The van der Waals surface area contributed by atoms with Crippen LogP contribution in [0, 0.1) is 0 Å². The third-order valence-electron chi connectivity index (χ3n) is 1.92. The first-order valence-corrected chi connectivity index (χ1v) is 4.01. The van der Waals surface area contributed by atoms with Gasteiger partial charge in [0.25, 0.3) is 0 Å². The molecule has 0 aliphatic rings. The van der Waals surface area contributed by atoms with Gasteiger partial charge in [0.2, 0.25) is 5.91 Å². The van der Waals surface area contributed by atoms with Crippen molar-refractivity contribution in [1.82, 2.24) is 0 Å². The predicted molar refractivity (Wildman–Crippen MR) is 51.0 cm³/mol. The molecule has 0 aliphatic heterocycles. The number of nitrogens with two attached hydrogens (primary N) is 1. The highest BCUT2D eigenvalue weighted by atomic mass is 16.4. The molecule has 0 bridgehead atoms. The highest BCUT2D eigenvalue weighted by Crippen LogP contribution is 2.15. The highest BCUT2D eigenvalue weighted by Gasteiger charge is 2.08. The molecule has 2 aromatic rings. The average Bonchev–Trinajstić information content (AvgIpc) is 2.16. The Hall–Kier alpha value is -2.10. The van der Waals surface area contributed by atoms with Gasteiger partial charge in [-0.25, -0.2) is 4.79 Å². The summed E-state index contributed by atoms with van der Waals surface area (Å²) < 4.78 is 4.89. The van der Waals surface area contributed by atoms with E-state index in [2.05, 4.69) is 0 Å². The van der Waals surface area contributed by atoms with Crippen molar-refractivity contribution in [2.24, 2.45) is 5.73 Å². The zero-order valence-electron chi connectivity index (χ0n) is 7.19. The third kappa shape index (κ3) is 1.26. The van der Waals surface area contributed by atoms with Crippen LogP contribution in [-0.2, 0) is 0 Å². The molecule has 0 radical (unpaired) electrons. The monoisotopic (exact) mass is 189 g/mol. The van der Waals surface area contributed by atoms with Gasteiger partial charge in [-0.3, -0.25) is 4.79 Å². The molecule has 70 valence electrons. The molecule has 0 unspecified atom stereocenters. The maximum atomic E-state index is 11.0. The van der Waals surface area contributed by atoms with Gasteiger partial charge in [0.15, 0.2) is 0 Å². The van der Waals surface area contributed by atoms with Crippen LogP contribution in [0.25, 0.3) is 11.0 Å². The first-order chi connectivity index (χ1) is 6.68. The van der Waals surface area contributed by atoms with E-state index in [1.165, 1.54) is 0 Å². The van der Waals surface area contributed by atoms with E-state index in [1.54, 1.807) is 24.3 Å². The van der Waals surface area contributed by atoms with E-state index in [0.29, 0.717) is 11.0 Å². The minimum atomic E-state index is -0.630. The van der Waals surface area contributed by atoms with Gasteiger partial charge in [-0.15, -0.1) is 0 Å². The van der Waals surface area contributed by atoms with Crippen molar-refractivity contribution in [1.29, 1.82) is 0 Å². The SMILES string of the molecule is NC(=O)c1cc(=O)oc2ccccc12. The molecule has 4 nitrogen and oxygen atoms in total. The molecule has 0 aliphatic carbocycles. The summed E-state index contributed by atoms with van der Waals surface area (Å²) in [6.07, 6.45) is 0. The fourth-order valence-corrected chi connectivity index (χ4v) is 1.32. The van der Waals surface area contributed by atoms with Crippen molar-refractivity contribution >= 4 is 16.9 Å². The van der Waals surface area contributed by atoms with Gasteiger partial charge < -0.3 is 10.2 Å². The number of carbonyl (C=O) groups is 1. The zero-order valence-corrected chi connectivity index (χ0v) is 7.19. The Bertz CT molecular complexity index is 557. The summed E-state index contributed by atoms with van der Waals surface area (Å²) in [6, 6.07) is 7.86. The van der Waals surface area contributed by atoms with Gasteiger partial charge in [0.1, 0.15) is 5.58 Å². The Morgan fingerprint density at radius 2 is 2.00 bits per heavy atom. The molecule has 1 heterocycles. The molecular formula is C10H7NO3. The largest absolute Gasteiger partial charge is 0.423 e. The molecule has 0 fully saturated rings. The maximum absolute atomic E-state index is 11.0. The lowest BCUT2D eigenvalue weighted by atomic mass is 10.1. The minimum absolute atomic E-state index is 0.192. The Kier molecular flexibility index (Phi) is 1.81.